The molecule has 0 aromatic rings. The highest BCUT2D eigenvalue weighted by Crippen LogP contribution is 2.33. The van der Waals surface area contributed by atoms with E-state index in [0.29, 0.717) is 19.3 Å². The first-order valence-electron chi connectivity index (χ1n) is 16.6. The van der Waals surface area contributed by atoms with Crippen LogP contribution in [0.15, 0.2) is 0 Å². The average Bonchev–Trinajstić information content (AvgIpc) is 3.30. The van der Waals surface area contributed by atoms with Gasteiger partial charge in [-0.2, -0.15) is 0 Å². The van der Waals surface area contributed by atoms with Crippen LogP contribution in [0.3, 0.4) is 0 Å². The zero-order chi connectivity index (χ0) is 34.7. The van der Waals surface area contributed by atoms with Crippen molar-refractivity contribution in [1.82, 2.24) is 20.9 Å². The van der Waals surface area contributed by atoms with Crippen molar-refractivity contribution in [3.8, 4) is 0 Å². The van der Waals surface area contributed by atoms with Gasteiger partial charge in [0.2, 0.25) is 17.6 Å². The highest BCUT2D eigenvalue weighted by Gasteiger charge is 2.45. The van der Waals surface area contributed by atoms with Gasteiger partial charge in [-0.15, -0.1) is 0 Å². The second kappa shape index (κ2) is 14.6. The van der Waals surface area contributed by atoms with Gasteiger partial charge >= 0.3 is 6.03 Å². The van der Waals surface area contributed by atoms with Gasteiger partial charge in [-0.05, 0) is 73.6 Å². The molecule has 1 heterocycles. The number of rotatable bonds is 12. The Labute approximate surface area is 273 Å². The number of hydrogen-bond acceptors (Lipinski definition) is 8. The van der Waals surface area contributed by atoms with Gasteiger partial charge in [0.15, 0.2) is 9.84 Å². The molecule has 5 amide bonds. The topological polar surface area (TPSA) is 194 Å². The second-order valence-corrected chi connectivity index (χ2v) is 18.2. The summed E-state index contributed by atoms with van der Waals surface area (Å²) in [6.45, 7) is 12.1. The molecule has 14 heteroatoms. The third-order valence-corrected chi connectivity index (χ3v) is 12.1. The number of primary amides is 1. The van der Waals surface area contributed by atoms with E-state index in [1.165, 1.54) is 11.8 Å². The number of amides is 5. The molecule has 13 nitrogen and oxygen atoms in total. The lowest BCUT2D eigenvalue weighted by molar-refractivity contribution is -0.142. The number of nitrogens with two attached hydrogens (primary N) is 1. The molecule has 3 rings (SSSR count). The van der Waals surface area contributed by atoms with Crippen LogP contribution in [-0.4, -0.2) is 95.3 Å². The summed E-state index contributed by atoms with van der Waals surface area (Å²) >= 11 is 0. The highest BCUT2D eigenvalue weighted by atomic mass is 32.2. The predicted octanol–water partition coefficient (Wildman–Crippen LogP) is 2.10. The molecule has 262 valence electrons. The minimum absolute atomic E-state index is 0.0760. The Balaban J connectivity index is 1.76. The standard InChI is InChI=1S/C32H55N5O8S/c1-20(34-29(42)36-32(14-9-8-10-15-32)19-46(43,44)31(5,6)7)28(41)37-18-22(45-30(2,3)4)17-24(37)27(40)35-23(25(38)26(33)39)16-21-12-11-13-21/h20-24H,8-19H2,1-7H3,(H2,33,39)(H,35,40)(H2,34,36,42)/t20-,22?,23?,24?/m0/s1. The number of nitrogens with one attached hydrogen (secondary N) is 3. The molecular formula is C32H55N5O8S. The maximum atomic E-state index is 13.8. The fourth-order valence-electron chi connectivity index (χ4n) is 6.51. The van der Waals surface area contributed by atoms with E-state index in [1.54, 1.807) is 20.8 Å². The molecule has 3 fully saturated rings. The lowest BCUT2D eigenvalue weighted by Crippen LogP contribution is -2.61. The molecule has 3 unspecified atom stereocenters. The predicted molar refractivity (Wildman–Crippen MR) is 173 cm³/mol. The Morgan fingerprint density at radius 3 is 2.07 bits per heavy atom. The quantitative estimate of drug-likeness (QED) is 0.227. The molecule has 0 bridgehead atoms. The monoisotopic (exact) mass is 669 g/mol. The number of ether oxygens (including phenoxy) is 1. The van der Waals surface area contributed by atoms with Gasteiger partial charge in [-0.3, -0.25) is 19.2 Å². The van der Waals surface area contributed by atoms with E-state index >= 15 is 0 Å². The van der Waals surface area contributed by atoms with Crippen molar-refractivity contribution >= 4 is 39.4 Å². The Kier molecular flexibility index (Phi) is 11.9. The van der Waals surface area contributed by atoms with Crippen LogP contribution in [0.5, 0.6) is 0 Å². The number of hydrogen-bond donors (Lipinski definition) is 4. The minimum Gasteiger partial charge on any atom is -0.371 e. The van der Waals surface area contributed by atoms with E-state index in [-0.39, 0.29) is 24.6 Å². The molecule has 2 saturated carbocycles. The maximum Gasteiger partial charge on any atom is 0.315 e. The van der Waals surface area contributed by atoms with Gasteiger partial charge in [0.05, 0.1) is 33.8 Å². The van der Waals surface area contributed by atoms with E-state index in [2.05, 4.69) is 16.0 Å². The maximum absolute atomic E-state index is 13.8. The minimum atomic E-state index is -3.55. The summed E-state index contributed by atoms with van der Waals surface area (Å²) in [7, 11) is -3.55. The van der Waals surface area contributed by atoms with Crippen LogP contribution >= 0.6 is 0 Å². The molecule has 4 atom stereocenters. The number of ketones is 1. The lowest BCUT2D eigenvalue weighted by Gasteiger charge is -2.39. The Morgan fingerprint density at radius 2 is 1.57 bits per heavy atom. The van der Waals surface area contributed by atoms with Gasteiger partial charge < -0.3 is 31.3 Å². The Morgan fingerprint density at radius 1 is 0.957 bits per heavy atom. The first kappa shape index (κ1) is 37.7. The number of sulfone groups is 1. The third-order valence-electron chi connectivity index (χ3n) is 9.34. The first-order chi connectivity index (χ1) is 21.1. The fraction of sp³-hybridized carbons (Fsp3) is 0.844. The fourth-order valence-corrected chi connectivity index (χ4v) is 8.03. The average molecular weight is 670 g/mol. The zero-order valence-corrected chi connectivity index (χ0v) is 29.4. The van der Waals surface area contributed by atoms with Crippen molar-refractivity contribution in [1.29, 1.82) is 0 Å². The van der Waals surface area contributed by atoms with Crippen molar-refractivity contribution in [2.24, 2.45) is 11.7 Å². The van der Waals surface area contributed by atoms with Crippen molar-refractivity contribution in [3.63, 3.8) is 0 Å². The summed E-state index contributed by atoms with van der Waals surface area (Å²) in [5.41, 5.74) is 3.76. The second-order valence-electron chi connectivity index (χ2n) is 15.4. The highest BCUT2D eigenvalue weighted by molar-refractivity contribution is 7.92. The molecule has 0 spiro atoms. The molecule has 3 aliphatic rings. The smallest absolute Gasteiger partial charge is 0.315 e. The molecule has 1 saturated heterocycles. The van der Waals surface area contributed by atoms with Crippen molar-refractivity contribution in [2.75, 3.05) is 12.3 Å². The number of carbonyl (C=O) groups is 5. The van der Waals surface area contributed by atoms with Crippen molar-refractivity contribution < 1.29 is 37.1 Å². The van der Waals surface area contributed by atoms with Gasteiger partial charge in [-0.25, -0.2) is 13.2 Å². The van der Waals surface area contributed by atoms with E-state index in [1.807, 2.05) is 20.8 Å². The molecule has 0 aromatic heterocycles. The van der Waals surface area contributed by atoms with E-state index in [9.17, 15) is 32.4 Å². The first-order valence-corrected chi connectivity index (χ1v) is 18.2. The van der Waals surface area contributed by atoms with E-state index in [4.69, 9.17) is 10.5 Å². The summed E-state index contributed by atoms with van der Waals surface area (Å²) in [6.07, 6.45) is 6.24. The van der Waals surface area contributed by atoms with Crippen LogP contribution in [0.1, 0.15) is 113 Å². The van der Waals surface area contributed by atoms with Crippen molar-refractivity contribution in [2.45, 2.75) is 153 Å². The molecule has 1 aliphatic heterocycles. The summed E-state index contributed by atoms with van der Waals surface area (Å²) in [5, 5.41) is 8.26. The molecule has 2 aliphatic carbocycles. The number of carbonyl (C=O) groups excluding carboxylic acids is 5. The van der Waals surface area contributed by atoms with E-state index < -0.39 is 79.5 Å². The van der Waals surface area contributed by atoms with Gasteiger partial charge in [0.1, 0.15) is 12.1 Å². The molecule has 46 heavy (non-hydrogen) atoms. The zero-order valence-electron chi connectivity index (χ0n) is 28.6. The number of nitrogens with zero attached hydrogens (tertiary/aromatic N) is 1. The summed E-state index contributed by atoms with van der Waals surface area (Å²) in [6, 6.07) is -3.84. The number of Topliss-reactive ketones (excluding diaryl/α,β-unsaturated/α-hetero) is 1. The summed E-state index contributed by atoms with van der Waals surface area (Å²) < 4.78 is 31.4. The number of urea groups is 1. The lowest BCUT2D eigenvalue weighted by atomic mass is 9.80. The van der Waals surface area contributed by atoms with Gasteiger partial charge in [0.25, 0.3) is 5.91 Å². The van der Waals surface area contributed by atoms with Crippen LogP contribution < -0.4 is 21.7 Å². The largest absolute Gasteiger partial charge is 0.371 e. The van der Waals surface area contributed by atoms with Crippen LogP contribution in [0.2, 0.25) is 0 Å². The normalized spacial score (nSPS) is 23.5. The molecular weight excluding hydrogens is 614 g/mol. The SMILES string of the molecule is C[C@H](NC(=O)NC1(CS(=O)(=O)C(C)(C)C)CCCCC1)C(=O)N1CC(OC(C)(C)C)CC1C(=O)NC(CC1CCC1)C(=O)C(N)=O. The molecule has 0 aromatic carbocycles. The molecule has 0 radical (unpaired) electrons. The summed E-state index contributed by atoms with van der Waals surface area (Å²) in [5.74, 6) is -3.15. The van der Waals surface area contributed by atoms with Crippen LogP contribution in [-0.2, 0) is 33.8 Å². The van der Waals surface area contributed by atoms with Gasteiger partial charge in [0, 0.05) is 13.0 Å². The van der Waals surface area contributed by atoms with E-state index in [0.717, 1.165) is 38.5 Å². The van der Waals surface area contributed by atoms with Crippen molar-refractivity contribution in [3.05, 3.63) is 0 Å². The molecule has 5 N–H and O–H groups in total. The Bertz CT molecular complexity index is 1260. The van der Waals surface area contributed by atoms with Crippen LogP contribution in [0.4, 0.5) is 4.79 Å². The Hall–Kier alpha value is -2.74. The van der Waals surface area contributed by atoms with Crippen LogP contribution in [0.25, 0.3) is 0 Å². The number of likely N-dealkylation sites (tertiary alicyclic amines) is 1. The third kappa shape index (κ3) is 9.88. The summed E-state index contributed by atoms with van der Waals surface area (Å²) in [4.78, 5) is 66.4. The van der Waals surface area contributed by atoms with Crippen LogP contribution in [0, 0.1) is 5.92 Å². The van der Waals surface area contributed by atoms with Gasteiger partial charge in [-0.1, -0.05) is 38.5 Å².